The predicted octanol–water partition coefficient (Wildman–Crippen LogP) is 3.34. The molecule has 1 rings (SSSR count). The van der Waals surface area contributed by atoms with Gasteiger partial charge in [0.25, 0.3) is 0 Å². The molecule has 1 unspecified atom stereocenters. The Morgan fingerprint density at radius 1 is 1.07 bits per heavy atom. The second-order valence-corrected chi connectivity index (χ2v) is 9.75. The largest absolute Gasteiger partial charge is 0.462 e. The van der Waals surface area contributed by atoms with Gasteiger partial charge in [-0.2, -0.15) is 0 Å². The average molecular weight is 430 g/mol. The van der Waals surface area contributed by atoms with E-state index in [9.17, 15) is 19.2 Å². The summed E-state index contributed by atoms with van der Waals surface area (Å²) in [6, 6.07) is 0. The molecule has 0 saturated heterocycles. The second-order valence-electron chi connectivity index (χ2n) is 8.55. The Morgan fingerprint density at radius 3 is 2.24 bits per heavy atom. The van der Waals surface area contributed by atoms with Gasteiger partial charge in [-0.25, -0.2) is 0 Å². The lowest BCUT2D eigenvalue weighted by Gasteiger charge is -2.27. The minimum Gasteiger partial charge on any atom is -0.462 e. The predicted molar refractivity (Wildman–Crippen MR) is 112 cm³/mol. The second kappa shape index (κ2) is 12.2. The van der Waals surface area contributed by atoms with Gasteiger partial charge in [0.05, 0.1) is 6.42 Å². The summed E-state index contributed by atoms with van der Waals surface area (Å²) in [6.45, 7) is 8.27. The first-order chi connectivity index (χ1) is 13.5. The Labute approximate surface area is 178 Å². The molecular weight excluding hydrogens is 394 g/mol. The zero-order chi connectivity index (χ0) is 22.0. The molecule has 29 heavy (non-hydrogen) atoms. The van der Waals surface area contributed by atoms with Crippen molar-refractivity contribution in [2.75, 3.05) is 18.8 Å². The van der Waals surface area contributed by atoms with E-state index in [1.165, 1.54) is 18.2 Å². The van der Waals surface area contributed by atoms with Crippen LogP contribution < -0.4 is 0 Å². The normalized spacial score (nSPS) is 16.0. The molecule has 7 nitrogen and oxygen atoms in total. The van der Waals surface area contributed by atoms with E-state index in [0.29, 0.717) is 5.75 Å². The van der Waals surface area contributed by atoms with Crippen molar-refractivity contribution in [1.82, 2.24) is 4.90 Å². The van der Waals surface area contributed by atoms with Gasteiger partial charge in [-0.15, -0.1) is 0 Å². The summed E-state index contributed by atoms with van der Waals surface area (Å²) in [4.78, 5) is 49.8. The summed E-state index contributed by atoms with van der Waals surface area (Å²) in [5, 5.41) is -0.0700. The highest BCUT2D eigenvalue weighted by Crippen LogP contribution is 2.21. The van der Waals surface area contributed by atoms with Crippen LogP contribution in [-0.4, -0.2) is 58.4 Å². The number of nitrogens with zero attached hydrogens (tertiary/aromatic N) is 1. The van der Waals surface area contributed by atoms with E-state index in [4.69, 9.17) is 9.47 Å². The zero-order valence-corrected chi connectivity index (χ0v) is 19.1. The van der Waals surface area contributed by atoms with Gasteiger partial charge in [-0.1, -0.05) is 25.1 Å². The van der Waals surface area contributed by atoms with E-state index in [1.54, 1.807) is 27.7 Å². The van der Waals surface area contributed by atoms with Gasteiger partial charge in [0.15, 0.2) is 5.12 Å². The summed E-state index contributed by atoms with van der Waals surface area (Å²) in [5.74, 6) is -1.30. The molecule has 8 heteroatoms. The summed E-state index contributed by atoms with van der Waals surface area (Å²) in [7, 11) is 0. The SMILES string of the molecule is CC(=O)SCC(C)C(=O)N(CCC(=O)OC1CCCCC1)CC(=O)OC(C)(C)C. The van der Waals surface area contributed by atoms with Crippen LogP contribution in [-0.2, 0) is 28.7 Å². The van der Waals surface area contributed by atoms with Crippen LogP contribution in [0.4, 0.5) is 0 Å². The smallest absolute Gasteiger partial charge is 0.326 e. The monoisotopic (exact) mass is 429 g/mol. The fraction of sp³-hybridized carbons (Fsp3) is 0.810. The first-order valence-electron chi connectivity index (χ1n) is 10.3. The van der Waals surface area contributed by atoms with Crippen LogP contribution in [0, 0.1) is 5.92 Å². The summed E-state index contributed by atoms with van der Waals surface area (Å²) >= 11 is 1.07. The van der Waals surface area contributed by atoms with Crippen LogP contribution in [0.5, 0.6) is 0 Å². The third kappa shape index (κ3) is 11.3. The standard InChI is InChI=1S/C21H35NO6S/c1-15(14-29-16(2)23)20(26)22(13-19(25)28-21(3,4)5)12-11-18(24)27-17-9-7-6-8-10-17/h15,17H,6-14H2,1-5H3. The van der Waals surface area contributed by atoms with Gasteiger partial charge in [-0.05, 0) is 46.5 Å². The van der Waals surface area contributed by atoms with Crippen LogP contribution in [0.2, 0.25) is 0 Å². The molecule has 0 N–H and O–H groups in total. The van der Waals surface area contributed by atoms with Gasteiger partial charge >= 0.3 is 11.9 Å². The zero-order valence-electron chi connectivity index (χ0n) is 18.3. The fourth-order valence-corrected chi connectivity index (χ4v) is 3.70. The first-order valence-corrected chi connectivity index (χ1v) is 11.3. The summed E-state index contributed by atoms with van der Waals surface area (Å²) < 4.78 is 10.8. The Bertz CT molecular complexity index is 580. The van der Waals surface area contributed by atoms with Crippen molar-refractivity contribution in [3.63, 3.8) is 0 Å². The molecule has 0 aromatic rings. The highest BCUT2D eigenvalue weighted by molar-refractivity contribution is 8.13. The van der Waals surface area contributed by atoms with Gasteiger partial charge in [0, 0.05) is 25.1 Å². The van der Waals surface area contributed by atoms with Gasteiger partial charge in [0.2, 0.25) is 5.91 Å². The van der Waals surface area contributed by atoms with E-state index >= 15 is 0 Å². The Balaban J connectivity index is 2.67. The molecule has 0 heterocycles. The molecule has 1 saturated carbocycles. The van der Waals surface area contributed by atoms with E-state index < -0.39 is 17.5 Å². The van der Waals surface area contributed by atoms with Crippen LogP contribution >= 0.6 is 11.8 Å². The maximum Gasteiger partial charge on any atom is 0.326 e. The van der Waals surface area contributed by atoms with Crippen LogP contribution in [0.1, 0.15) is 73.1 Å². The summed E-state index contributed by atoms with van der Waals surface area (Å²) in [6.07, 6.45) is 5.04. The first kappa shape index (κ1) is 25.5. The van der Waals surface area contributed by atoms with Crippen molar-refractivity contribution in [2.45, 2.75) is 84.8 Å². The highest BCUT2D eigenvalue weighted by atomic mass is 32.2. The van der Waals surface area contributed by atoms with E-state index in [0.717, 1.165) is 37.4 Å². The number of hydrogen-bond acceptors (Lipinski definition) is 7. The molecule has 0 bridgehead atoms. The molecule has 1 fully saturated rings. The third-order valence-corrected chi connectivity index (χ3v) is 5.52. The number of carbonyl (C=O) groups excluding carboxylic acids is 4. The number of hydrogen-bond donors (Lipinski definition) is 0. The van der Waals surface area contributed by atoms with Crippen molar-refractivity contribution in [1.29, 1.82) is 0 Å². The van der Waals surface area contributed by atoms with Crippen molar-refractivity contribution < 1.29 is 28.7 Å². The molecule has 0 spiro atoms. The molecule has 166 valence electrons. The number of esters is 2. The molecule has 1 atom stereocenters. The van der Waals surface area contributed by atoms with Gasteiger partial charge in [-0.3, -0.25) is 19.2 Å². The Hall–Kier alpha value is -1.57. The van der Waals surface area contributed by atoms with Crippen LogP contribution in [0.25, 0.3) is 0 Å². The highest BCUT2D eigenvalue weighted by Gasteiger charge is 2.27. The number of ether oxygens (including phenoxy) is 2. The number of amides is 1. The molecule has 1 aliphatic carbocycles. The lowest BCUT2D eigenvalue weighted by atomic mass is 9.98. The van der Waals surface area contributed by atoms with Crippen molar-refractivity contribution in [2.24, 2.45) is 5.92 Å². The number of rotatable bonds is 9. The topological polar surface area (TPSA) is 90.0 Å². The van der Waals surface area contributed by atoms with Crippen molar-refractivity contribution in [3.8, 4) is 0 Å². The molecular formula is C21H35NO6S. The molecule has 0 aromatic carbocycles. The quantitative estimate of drug-likeness (QED) is 0.519. The summed E-state index contributed by atoms with van der Waals surface area (Å²) in [5.41, 5.74) is -0.665. The number of carbonyl (C=O) groups is 4. The maximum atomic E-state index is 12.8. The molecule has 0 aromatic heterocycles. The van der Waals surface area contributed by atoms with Crippen molar-refractivity contribution in [3.05, 3.63) is 0 Å². The van der Waals surface area contributed by atoms with Crippen LogP contribution in [0.3, 0.4) is 0 Å². The molecule has 1 amide bonds. The van der Waals surface area contributed by atoms with Gasteiger partial charge in [0.1, 0.15) is 18.2 Å². The minimum absolute atomic E-state index is 0.0254. The minimum atomic E-state index is -0.665. The van der Waals surface area contributed by atoms with Gasteiger partial charge < -0.3 is 14.4 Å². The maximum absolute atomic E-state index is 12.8. The fourth-order valence-electron chi connectivity index (χ4n) is 3.08. The van der Waals surface area contributed by atoms with E-state index in [1.807, 2.05) is 0 Å². The molecule has 0 radical (unpaired) electrons. The number of thioether (sulfide) groups is 1. The van der Waals surface area contributed by atoms with E-state index in [-0.39, 0.29) is 42.6 Å². The Morgan fingerprint density at radius 2 is 1.69 bits per heavy atom. The molecule has 0 aliphatic heterocycles. The lowest BCUT2D eigenvalue weighted by Crippen LogP contribution is -2.43. The van der Waals surface area contributed by atoms with Crippen LogP contribution in [0.15, 0.2) is 0 Å². The van der Waals surface area contributed by atoms with E-state index in [2.05, 4.69) is 0 Å². The Kier molecular flexibility index (Phi) is 10.7. The molecule has 1 aliphatic rings. The average Bonchev–Trinajstić information content (AvgIpc) is 2.61. The van der Waals surface area contributed by atoms with Crippen molar-refractivity contribution >= 4 is 34.7 Å². The third-order valence-electron chi connectivity index (χ3n) is 4.45. The lowest BCUT2D eigenvalue weighted by molar-refractivity contribution is -0.160.